The lowest BCUT2D eigenvalue weighted by atomic mass is 10.2. The van der Waals surface area contributed by atoms with Gasteiger partial charge in [-0.15, -0.1) is 0 Å². The van der Waals surface area contributed by atoms with Crippen LogP contribution in [0.4, 0.5) is 5.13 Å². The molecule has 0 aliphatic rings. The van der Waals surface area contributed by atoms with Gasteiger partial charge in [0.25, 0.3) is 5.91 Å². The standard InChI is InChI=1S/C22H17Cl2N3O2S/c1-2-29-18-6-3-7-19-20(18)26-22(30-19)27(13-14-5-4-10-25-12-14)21(28)16-9-8-15(23)11-17(16)24/h3-12H,2,13H2,1H3. The Bertz CT molecular complexity index is 1200. The summed E-state index contributed by atoms with van der Waals surface area (Å²) in [6.45, 7) is 2.76. The number of benzene rings is 2. The van der Waals surface area contributed by atoms with Gasteiger partial charge in [-0.2, -0.15) is 0 Å². The van der Waals surface area contributed by atoms with E-state index in [2.05, 4.69) is 4.98 Å². The van der Waals surface area contributed by atoms with Crippen LogP contribution in [0.1, 0.15) is 22.8 Å². The van der Waals surface area contributed by atoms with E-state index in [0.717, 1.165) is 15.8 Å². The van der Waals surface area contributed by atoms with Gasteiger partial charge >= 0.3 is 0 Å². The van der Waals surface area contributed by atoms with E-state index in [0.29, 0.717) is 39.6 Å². The Morgan fingerprint density at radius 3 is 2.77 bits per heavy atom. The number of halogens is 2. The molecule has 0 atom stereocenters. The van der Waals surface area contributed by atoms with Gasteiger partial charge in [-0.1, -0.05) is 46.7 Å². The van der Waals surface area contributed by atoms with E-state index >= 15 is 0 Å². The summed E-state index contributed by atoms with van der Waals surface area (Å²) in [7, 11) is 0. The molecule has 0 aliphatic heterocycles. The Morgan fingerprint density at radius 2 is 2.03 bits per heavy atom. The molecule has 2 aromatic carbocycles. The number of thiazole rings is 1. The second-order valence-corrected chi connectivity index (χ2v) is 8.26. The molecule has 0 fully saturated rings. The summed E-state index contributed by atoms with van der Waals surface area (Å²) >= 11 is 13.8. The number of hydrogen-bond donors (Lipinski definition) is 0. The molecular weight excluding hydrogens is 441 g/mol. The summed E-state index contributed by atoms with van der Waals surface area (Å²) in [4.78, 5) is 24.0. The van der Waals surface area contributed by atoms with Crippen molar-refractivity contribution in [1.82, 2.24) is 9.97 Å². The number of para-hydroxylation sites is 1. The number of aromatic nitrogens is 2. The maximum absolute atomic E-state index is 13.5. The lowest BCUT2D eigenvalue weighted by Crippen LogP contribution is -2.30. The van der Waals surface area contributed by atoms with Crippen molar-refractivity contribution < 1.29 is 9.53 Å². The molecule has 4 rings (SSSR count). The van der Waals surface area contributed by atoms with Crippen LogP contribution in [0.2, 0.25) is 10.0 Å². The number of fused-ring (bicyclic) bond motifs is 1. The van der Waals surface area contributed by atoms with Gasteiger partial charge in [0.05, 0.1) is 28.4 Å². The summed E-state index contributed by atoms with van der Waals surface area (Å²) in [5.74, 6) is 0.424. The quantitative estimate of drug-likeness (QED) is 0.343. The van der Waals surface area contributed by atoms with E-state index < -0.39 is 0 Å². The topological polar surface area (TPSA) is 55.3 Å². The molecule has 0 bridgehead atoms. The molecule has 30 heavy (non-hydrogen) atoms. The third-order valence-electron chi connectivity index (χ3n) is 4.37. The van der Waals surface area contributed by atoms with Gasteiger partial charge in [-0.05, 0) is 48.9 Å². The monoisotopic (exact) mass is 457 g/mol. The molecule has 0 unspecified atom stereocenters. The fourth-order valence-electron chi connectivity index (χ4n) is 3.01. The molecule has 4 aromatic rings. The molecule has 0 radical (unpaired) electrons. The summed E-state index contributed by atoms with van der Waals surface area (Å²) < 4.78 is 6.64. The highest BCUT2D eigenvalue weighted by atomic mass is 35.5. The molecule has 0 spiro atoms. The largest absolute Gasteiger partial charge is 0.492 e. The molecule has 0 aliphatic carbocycles. The van der Waals surface area contributed by atoms with Gasteiger partial charge in [-0.3, -0.25) is 14.7 Å². The van der Waals surface area contributed by atoms with E-state index in [1.807, 2.05) is 37.3 Å². The van der Waals surface area contributed by atoms with Crippen molar-refractivity contribution in [3.63, 3.8) is 0 Å². The minimum Gasteiger partial charge on any atom is -0.492 e. The minimum atomic E-state index is -0.266. The highest BCUT2D eigenvalue weighted by Gasteiger charge is 2.24. The van der Waals surface area contributed by atoms with E-state index in [-0.39, 0.29) is 5.91 Å². The van der Waals surface area contributed by atoms with Crippen LogP contribution in [0.15, 0.2) is 60.9 Å². The van der Waals surface area contributed by atoms with Crippen LogP contribution in [0.5, 0.6) is 5.75 Å². The van der Waals surface area contributed by atoms with Crippen LogP contribution in [-0.2, 0) is 6.54 Å². The molecule has 1 amide bonds. The number of pyridine rings is 1. The zero-order chi connectivity index (χ0) is 21.1. The number of amides is 1. The molecule has 0 saturated carbocycles. The Kier molecular flexibility index (Phi) is 6.18. The zero-order valence-electron chi connectivity index (χ0n) is 16.0. The van der Waals surface area contributed by atoms with Crippen LogP contribution in [0.3, 0.4) is 0 Å². The van der Waals surface area contributed by atoms with Gasteiger partial charge in [0.2, 0.25) is 0 Å². The van der Waals surface area contributed by atoms with E-state index in [1.54, 1.807) is 35.5 Å². The summed E-state index contributed by atoms with van der Waals surface area (Å²) in [6, 6.07) is 14.3. The zero-order valence-corrected chi connectivity index (χ0v) is 18.3. The number of anilines is 1. The summed E-state index contributed by atoms with van der Waals surface area (Å²) in [6.07, 6.45) is 3.42. The van der Waals surface area contributed by atoms with Crippen molar-refractivity contribution in [3.8, 4) is 5.75 Å². The fourth-order valence-corrected chi connectivity index (χ4v) is 4.48. The molecule has 152 valence electrons. The molecule has 5 nitrogen and oxygen atoms in total. The smallest absolute Gasteiger partial charge is 0.261 e. The first-order valence-electron chi connectivity index (χ1n) is 9.25. The summed E-state index contributed by atoms with van der Waals surface area (Å²) in [5.41, 5.74) is 1.96. The number of ether oxygens (including phenoxy) is 1. The Balaban J connectivity index is 1.80. The number of nitrogens with zero attached hydrogens (tertiary/aromatic N) is 3. The average molecular weight is 458 g/mol. The summed E-state index contributed by atoms with van der Waals surface area (Å²) in [5, 5.41) is 1.31. The third kappa shape index (κ3) is 4.26. The molecule has 8 heteroatoms. The second-order valence-electron chi connectivity index (χ2n) is 6.41. The maximum atomic E-state index is 13.5. The van der Waals surface area contributed by atoms with Crippen molar-refractivity contribution in [2.45, 2.75) is 13.5 Å². The maximum Gasteiger partial charge on any atom is 0.261 e. The Hall–Kier alpha value is -2.67. The number of hydrogen-bond acceptors (Lipinski definition) is 5. The molecule has 0 saturated heterocycles. The first kappa shape index (κ1) is 20.6. The van der Waals surface area contributed by atoms with Gasteiger partial charge in [0.15, 0.2) is 5.13 Å². The van der Waals surface area contributed by atoms with Gasteiger partial charge in [0, 0.05) is 17.4 Å². The van der Waals surface area contributed by atoms with Gasteiger partial charge < -0.3 is 4.74 Å². The van der Waals surface area contributed by atoms with Gasteiger partial charge in [-0.25, -0.2) is 4.98 Å². The first-order chi connectivity index (χ1) is 14.6. The first-order valence-corrected chi connectivity index (χ1v) is 10.8. The second kappa shape index (κ2) is 9.00. The fraction of sp³-hybridized carbons (Fsp3) is 0.136. The average Bonchev–Trinajstić information content (AvgIpc) is 3.17. The van der Waals surface area contributed by atoms with Crippen molar-refractivity contribution >= 4 is 55.8 Å². The number of rotatable bonds is 6. The number of carbonyl (C=O) groups is 1. The highest BCUT2D eigenvalue weighted by molar-refractivity contribution is 7.22. The molecule has 2 heterocycles. The number of carbonyl (C=O) groups excluding carboxylic acids is 1. The minimum absolute atomic E-state index is 0.266. The predicted molar refractivity (Wildman–Crippen MR) is 122 cm³/mol. The highest BCUT2D eigenvalue weighted by Crippen LogP contribution is 2.36. The van der Waals surface area contributed by atoms with E-state index in [1.165, 1.54) is 11.3 Å². The Labute approximate surface area is 187 Å². The van der Waals surface area contributed by atoms with Crippen molar-refractivity contribution in [2.75, 3.05) is 11.5 Å². The Morgan fingerprint density at radius 1 is 1.17 bits per heavy atom. The van der Waals surface area contributed by atoms with E-state index in [4.69, 9.17) is 32.9 Å². The predicted octanol–water partition coefficient (Wildman–Crippen LogP) is 6.24. The normalized spacial score (nSPS) is 10.9. The molecule has 0 N–H and O–H groups in total. The SMILES string of the molecule is CCOc1cccc2sc(N(Cc3cccnc3)C(=O)c3ccc(Cl)cc3Cl)nc12. The van der Waals surface area contributed by atoms with Crippen LogP contribution in [0, 0.1) is 0 Å². The molecule has 2 aromatic heterocycles. The van der Waals surface area contributed by atoms with E-state index in [9.17, 15) is 4.79 Å². The van der Waals surface area contributed by atoms with Crippen molar-refractivity contribution in [3.05, 3.63) is 82.1 Å². The van der Waals surface area contributed by atoms with Crippen LogP contribution in [-0.4, -0.2) is 22.5 Å². The van der Waals surface area contributed by atoms with Crippen molar-refractivity contribution in [2.24, 2.45) is 0 Å². The third-order valence-corrected chi connectivity index (χ3v) is 5.96. The van der Waals surface area contributed by atoms with Crippen molar-refractivity contribution in [1.29, 1.82) is 0 Å². The molecular formula is C22H17Cl2N3O2S. The van der Waals surface area contributed by atoms with Crippen LogP contribution in [0.25, 0.3) is 10.2 Å². The lowest BCUT2D eigenvalue weighted by Gasteiger charge is -2.20. The van der Waals surface area contributed by atoms with Gasteiger partial charge in [0.1, 0.15) is 11.3 Å². The lowest BCUT2D eigenvalue weighted by molar-refractivity contribution is 0.0985. The van der Waals surface area contributed by atoms with Crippen LogP contribution < -0.4 is 9.64 Å². The van der Waals surface area contributed by atoms with Crippen LogP contribution >= 0.6 is 34.5 Å².